The Kier molecular flexibility index (Phi) is 4.55. The molecule has 0 saturated carbocycles. The highest BCUT2D eigenvalue weighted by atomic mass is 32.2. The molecule has 24 heavy (non-hydrogen) atoms. The number of rotatable bonds is 4. The van der Waals surface area contributed by atoms with Crippen LogP contribution >= 0.6 is 0 Å². The van der Waals surface area contributed by atoms with Gasteiger partial charge in [-0.25, -0.2) is 25.6 Å². The Morgan fingerprint density at radius 2 is 1.62 bits per heavy atom. The van der Waals surface area contributed by atoms with Crippen molar-refractivity contribution in [2.24, 2.45) is 0 Å². The van der Waals surface area contributed by atoms with Crippen molar-refractivity contribution in [2.45, 2.75) is 4.90 Å². The monoisotopic (exact) mass is 376 g/mol. The van der Waals surface area contributed by atoms with Gasteiger partial charge < -0.3 is 5.73 Å². The minimum atomic E-state index is -4.08. The first kappa shape index (κ1) is 18.1. The third kappa shape index (κ3) is 3.82. The summed E-state index contributed by atoms with van der Waals surface area (Å²) in [5.41, 5.74) is 4.70. The molecule has 0 heterocycles. The summed E-state index contributed by atoms with van der Waals surface area (Å²) in [6, 6.07) is 5.79. The van der Waals surface area contributed by atoms with Crippen LogP contribution in [0.2, 0.25) is 0 Å². The van der Waals surface area contributed by atoms with E-state index in [9.17, 15) is 25.6 Å². The number of hydrogen-bond acceptors (Lipinski definition) is 5. The molecule has 130 valence electrons. The van der Waals surface area contributed by atoms with Crippen molar-refractivity contribution in [1.29, 1.82) is 0 Å². The molecule has 3 N–H and O–H groups in total. The largest absolute Gasteiger partial charge is 0.396 e. The Morgan fingerprint density at radius 1 is 1.00 bits per heavy atom. The summed E-state index contributed by atoms with van der Waals surface area (Å²) in [7, 11) is -7.89. The lowest BCUT2D eigenvalue weighted by molar-refractivity contribution is 0.572. The molecule has 0 fully saturated rings. The quantitative estimate of drug-likeness (QED) is 0.794. The Morgan fingerprint density at radius 3 is 2.12 bits per heavy atom. The smallest absolute Gasteiger partial charge is 0.229 e. The zero-order chi connectivity index (χ0) is 18.3. The van der Waals surface area contributed by atoms with Crippen molar-refractivity contribution >= 4 is 31.2 Å². The van der Waals surface area contributed by atoms with Crippen LogP contribution in [0.5, 0.6) is 0 Å². The van der Waals surface area contributed by atoms with E-state index in [4.69, 9.17) is 5.73 Å². The van der Waals surface area contributed by atoms with Gasteiger partial charge in [0.05, 0.1) is 17.6 Å². The summed E-state index contributed by atoms with van der Waals surface area (Å²) < 4.78 is 76.6. The minimum Gasteiger partial charge on any atom is -0.396 e. The number of hydrogen-bond donors (Lipinski definition) is 2. The molecule has 0 atom stereocenters. The normalized spacial score (nSPS) is 12.2. The van der Waals surface area contributed by atoms with E-state index < -0.39 is 42.1 Å². The fourth-order valence-electron chi connectivity index (χ4n) is 2.12. The second kappa shape index (κ2) is 6.02. The molecule has 10 heteroatoms. The van der Waals surface area contributed by atoms with Gasteiger partial charge in [0.15, 0.2) is 15.7 Å². The van der Waals surface area contributed by atoms with E-state index in [1.807, 2.05) is 4.72 Å². The lowest BCUT2D eigenvalue weighted by Crippen LogP contribution is -2.13. The van der Waals surface area contributed by atoms with Gasteiger partial charge in [-0.1, -0.05) is 12.1 Å². The van der Waals surface area contributed by atoms with Crippen molar-refractivity contribution in [3.63, 3.8) is 0 Å². The Bertz CT molecular complexity index is 1020. The SMILES string of the molecule is CS(=O)(=O)Nc1ccc(-c2ccc(N)c(F)c2)c(S(C)(=O)=O)c1F. The standard InChI is InChI=1S/C14H14F2N2O4S2/c1-23(19,20)14-9(8-3-5-11(17)10(15)7-8)4-6-12(13(14)16)18-24(2,21)22/h3-7,18H,17H2,1-2H3. The first-order chi connectivity index (χ1) is 10.9. The van der Waals surface area contributed by atoms with Gasteiger partial charge in [0.2, 0.25) is 10.0 Å². The van der Waals surface area contributed by atoms with E-state index in [0.717, 1.165) is 24.6 Å². The number of nitrogens with two attached hydrogens (primary N) is 1. The summed E-state index contributed by atoms with van der Waals surface area (Å²) in [4.78, 5) is -0.736. The average Bonchev–Trinajstić information content (AvgIpc) is 2.41. The number of sulfone groups is 1. The predicted octanol–water partition coefficient (Wildman–Crippen LogP) is 1.99. The molecule has 0 aliphatic rings. The van der Waals surface area contributed by atoms with Crippen LogP contribution in [0.1, 0.15) is 0 Å². The number of nitrogens with one attached hydrogen (secondary N) is 1. The molecular formula is C14H14F2N2O4S2. The summed E-state index contributed by atoms with van der Waals surface area (Å²) in [6.45, 7) is 0. The van der Waals surface area contributed by atoms with Crippen molar-refractivity contribution < 1.29 is 25.6 Å². The Labute approximate surface area is 138 Å². The summed E-state index contributed by atoms with van der Waals surface area (Å²) >= 11 is 0. The first-order valence-corrected chi connectivity index (χ1v) is 10.2. The number of halogens is 2. The van der Waals surface area contributed by atoms with Crippen LogP contribution in [0.15, 0.2) is 35.2 Å². The molecule has 0 radical (unpaired) electrons. The Balaban J connectivity index is 2.78. The molecule has 0 unspecified atom stereocenters. The molecule has 0 aromatic heterocycles. The molecule has 2 aromatic rings. The van der Waals surface area contributed by atoms with Crippen LogP contribution in [0, 0.1) is 11.6 Å². The number of anilines is 2. The predicted molar refractivity (Wildman–Crippen MR) is 87.8 cm³/mol. The molecule has 0 aliphatic heterocycles. The van der Waals surface area contributed by atoms with E-state index in [0.29, 0.717) is 0 Å². The molecule has 0 bridgehead atoms. The molecule has 0 spiro atoms. The highest BCUT2D eigenvalue weighted by molar-refractivity contribution is 7.92. The van der Waals surface area contributed by atoms with Gasteiger partial charge in [-0.2, -0.15) is 0 Å². The second-order valence-corrected chi connectivity index (χ2v) is 8.89. The highest BCUT2D eigenvalue weighted by Crippen LogP contribution is 2.34. The molecule has 0 aliphatic carbocycles. The van der Waals surface area contributed by atoms with Gasteiger partial charge in [0.1, 0.15) is 10.7 Å². The third-order valence-corrected chi connectivity index (χ3v) is 4.81. The van der Waals surface area contributed by atoms with E-state index in [1.54, 1.807) is 0 Å². The zero-order valence-electron chi connectivity index (χ0n) is 12.7. The second-order valence-electron chi connectivity index (χ2n) is 5.19. The van der Waals surface area contributed by atoms with Crippen LogP contribution < -0.4 is 10.5 Å². The number of benzene rings is 2. The van der Waals surface area contributed by atoms with Crippen LogP contribution in [-0.2, 0) is 19.9 Å². The van der Waals surface area contributed by atoms with Crippen LogP contribution in [0.25, 0.3) is 11.1 Å². The lowest BCUT2D eigenvalue weighted by Gasteiger charge is -2.14. The van der Waals surface area contributed by atoms with Gasteiger partial charge in [0, 0.05) is 11.8 Å². The van der Waals surface area contributed by atoms with Crippen LogP contribution in [0.3, 0.4) is 0 Å². The zero-order valence-corrected chi connectivity index (χ0v) is 14.3. The van der Waals surface area contributed by atoms with E-state index >= 15 is 0 Å². The summed E-state index contributed by atoms with van der Waals surface area (Å²) in [5, 5.41) is 0. The molecule has 6 nitrogen and oxygen atoms in total. The van der Waals surface area contributed by atoms with Crippen molar-refractivity contribution in [3.8, 4) is 11.1 Å². The van der Waals surface area contributed by atoms with Gasteiger partial charge in [0.25, 0.3) is 0 Å². The van der Waals surface area contributed by atoms with Gasteiger partial charge in [-0.3, -0.25) is 4.72 Å². The van der Waals surface area contributed by atoms with Crippen molar-refractivity contribution in [2.75, 3.05) is 23.0 Å². The van der Waals surface area contributed by atoms with E-state index in [2.05, 4.69) is 0 Å². The lowest BCUT2D eigenvalue weighted by atomic mass is 10.0. The fraction of sp³-hybridized carbons (Fsp3) is 0.143. The molecule has 2 rings (SSSR count). The summed E-state index contributed by atoms with van der Waals surface area (Å²) in [5.74, 6) is -2.05. The highest BCUT2D eigenvalue weighted by Gasteiger charge is 2.24. The van der Waals surface area contributed by atoms with Crippen molar-refractivity contribution in [1.82, 2.24) is 0 Å². The van der Waals surface area contributed by atoms with Crippen LogP contribution in [0.4, 0.5) is 20.2 Å². The molecular weight excluding hydrogens is 362 g/mol. The maximum Gasteiger partial charge on any atom is 0.229 e. The molecule has 0 saturated heterocycles. The Hall–Kier alpha value is -2.20. The number of sulfonamides is 1. The van der Waals surface area contributed by atoms with Gasteiger partial charge in [-0.05, 0) is 23.8 Å². The first-order valence-electron chi connectivity index (χ1n) is 6.46. The summed E-state index contributed by atoms with van der Waals surface area (Å²) in [6.07, 6.45) is 1.57. The maximum absolute atomic E-state index is 14.6. The maximum atomic E-state index is 14.6. The van der Waals surface area contributed by atoms with E-state index in [1.165, 1.54) is 18.2 Å². The molecule has 0 amide bonds. The topological polar surface area (TPSA) is 106 Å². The van der Waals surface area contributed by atoms with Gasteiger partial charge in [-0.15, -0.1) is 0 Å². The third-order valence-electron chi connectivity index (χ3n) is 3.07. The molecule has 2 aromatic carbocycles. The van der Waals surface area contributed by atoms with Gasteiger partial charge >= 0.3 is 0 Å². The van der Waals surface area contributed by atoms with Crippen LogP contribution in [-0.4, -0.2) is 29.3 Å². The van der Waals surface area contributed by atoms with Crippen molar-refractivity contribution in [3.05, 3.63) is 42.0 Å². The number of nitrogen functional groups attached to an aromatic ring is 1. The van der Waals surface area contributed by atoms with E-state index in [-0.39, 0.29) is 16.8 Å². The minimum absolute atomic E-state index is 0.0898. The fourth-order valence-corrected chi connectivity index (χ4v) is 3.70. The average molecular weight is 376 g/mol.